The molecule has 0 radical (unpaired) electrons. The summed E-state index contributed by atoms with van der Waals surface area (Å²) in [5, 5.41) is 0. The van der Waals surface area contributed by atoms with Gasteiger partial charge in [-0.05, 0) is 49.4 Å². The van der Waals surface area contributed by atoms with Crippen LogP contribution < -0.4 is 5.73 Å². The Labute approximate surface area is 121 Å². The highest BCUT2D eigenvalue weighted by Crippen LogP contribution is 2.43. The molecule has 0 spiro atoms. The molecule has 1 nitrogen and oxygen atoms in total. The normalized spacial score (nSPS) is 30.3. The van der Waals surface area contributed by atoms with Gasteiger partial charge in [-0.25, -0.2) is 0 Å². The van der Waals surface area contributed by atoms with E-state index in [2.05, 4.69) is 34.6 Å². The number of nitrogens with two attached hydrogens (primary N) is 1. The van der Waals surface area contributed by atoms with Gasteiger partial charge in [0.2, 0.25) is 0 Å². The van der Waals surface area contributed by atoms with E-state index in [0.29, 0.717) is 5.41 Å². The Bertz CT molecular complexity index is 243. The van der Waals surface area contributed by atoms with Crippen LogP contribution in [0.1, 0.15) is 92.4 Å². The fourth-order valence-electron chi connectivity index (χ4n) is 3.78. The average Bonchev–Trinajstić information content (AvgIpc) is 2.33. The minimum absolute atomic E-state index is 0.149. The summed E-state index contributed by atoms with van der Waals surface area (Å²) in [6.07, 6.45) is 11.8. The van der Waals surface area contributed by atoms with Gasteiger partial charge in [0.05, 0.1) is 0 Å². The first-order chi connectivity index (χ1) is 8.80. The molecule has 1 saturated carbocycles. The highest BCUT2D eigenvalue weighted by molar-refractivity contribution is 4.93. The van der Waals surface area contributed by atoms with Crippen LogP contribution in [-0.4, -0.2) is 5.54 Å². The Morgan fingerprint density at radius 3 is 2.16 bits per heavy atom. The fourth-order valence-corrected chi connectivity index (χ4v) is 3.78. The topological polar surface area (TPSA) is 26.0 Å². The van der Waals surface area contributed by atoms with Gasteiger partial charge in [0, 0.05) is 5.54 Å². The van der Waals surface area contributed by atoms with E-state index in [-0.39, 0.29) is 5.54 Å². The molecule has 1 fully saturated rings. The zero-order chi connectivity index (χ0) is 14.5. The quantitative estimate of drug-likeness (QED) is 0.673. The van der Waals surface area contributed by atoms with Gasteiger partial charge in [-0.1, -0.05) is 60.3 Å². The Morgan fingerprint density at radius 1 is 1.16 bits per heavy atom. The molecule has 0 aromatic carbocycles. The maximum Gasteiger partial charge on any atom is 0.0157 e. The van der Waals surface area contributed by atoms with Gasteiger partial charge in [-0.15, -0.1) is 0 Å². The summed E-state index contributed by atoms with van der Waals surface area (Å²) >= 11 is 0. The summed E-state index contributed by atoms with van der Waals surface area (Å²) < 4.78 is 0. The second kappa shape index (κ2) is 7.11. The summed E-state index contributed by atoms with van der Waals surface area (Å²) in [5.41, 5.74) is 7.33. The summed E-state index contributed by atoms with van der Waals surface area (Å²) in [6.45, 7) is 11.8. The molecule has 1 aliphatic rings. The molecule has 0 bridgehead atoms. The monoisotopic (exact) mass is 267 g/mol. The molecule has 1 unspecified atom stereocenters. The van der Waals surface area contributed by atoms with Crippen LogP contribution >= 0.6 is 0 Å². The molecule has 0 aromatic rings. The van der Waals surface area contributed by atoms with Gasteiger partial charge in [0.15, 0.2) is 0 Å². The van der Waals surface area contributed by atoms with Gasteiger partial charge in [-0.2, -0.15) is 0 Å². The van der Waals surface area contributed by atoms with Crippen molar-refractivity contribution in [2.24, 2.45) is 23.0 Å². The number of unbranched alkanes of at least 4 members (excludes halogenated alkanes) is 1. The number of hydrogen-bond donors (Lipinski definition) is 1. The number of hydrogen-bond acceptors (Lipinski definition) is 1. The highest BCUT2D eigenvalue weighted by Gasteiger charge is 2.37. The standard InChI is InChI=1S/C18H37N/c1-6-8-9-15(7-2)14-18(19)12-10-16(11-13-18)17(3,4)5/h15-16H,6-14,19H2,1-5H3. The lowest BCUT2D eigenvalue weighted by Crippen LogP contribution is -2.46. The smallest absolute Gasteiger partial charge is 0.0157 e. The van der Waals surface area contributed by atoms with E-state index < -0.39 is 0 Å². The molecule has 0 aromatic heterocycles. The van der Waals surface area contributed by atoms with Crippen molar-refractivity contribution in [1.82, 2.24) is 0 Å². The summed E-state index contributed by atoms with van der Waals surface area (Å²) in [6, 6.07) is 0. The van der Waals surface area contributed by atoms with E-state index in [1.807, 2.05) is 0 Å². The lowest BCUT2D eigenvalue weighted by atomic mass is 9.65. The van der Waals surface area contributed by atoms with Crippen LogP contribution in [0, 0.1) is 17.3 Å². The Balaban J connectivity index is 2.46. The maximum absolute atomic E-state index is 6.71. The molecule has 2 N–H and O–H groups in total. The van der Waals surface area contributed by atoms with E-state index in [4.69, 9.17) is 5.73 Å². The van der Waals surface area contributed by atoms with Crippen molar-refractivity contribution in [2.75, 3.05) is 0 Å². The Morgan fingerprint density at radius 2 is 1.74 bits per heavy atom. The first-order valence-electron chi connectivity index (χ1n) is 8.59. The predicted molar refractivity (Wildman–Crippen MR) is 86.3 cm³/mol. The molecule has 1 rings (SSSR count). The molecule has 1 aliphatic carbocycles. The minimum atomic E-state index is 0.149. The molecule has 0 saturated heterocycles. The zero-order valence-corrected chi connectivity index (χ0v) is 14.1. The SMILES string of the molecule is CCCCC(CC)CC1(N)CCC(C(C)(C)C)CC1. The second-order valence-corrected chi connectivity index (χ2v) is 8.12. The molecule has 0 amide bonds. The maximum atomic E-state index is 6.71. The van der Waals surface area contributed by atoms with Crippen LogP contribution in [0.4, 0.5) is 0 Å². The Hall–Kier alpha value is -0.0400. The molecule has 0 aliphatic heterocycles. The van der Waals surface area contributed by atoms with Crippen molar-refractivity contribution in [3.05, 3.63) is 0 Å². The molecule has 0 heterocycles. The largest absolute Gasteiger partial charge is 0.325 e. The van der Waals surface area contributed by atoms with E-state index in [1.54, 1.807) is 0 Å². The number of rotatable bonds is 6. The average molecular weight is 268 g/mol. The zero-order valence-electron chi connectivity index (χ0n) is 14.1. The Kier molecular flexibility index (Phi) is 6.36. The van der Waals surface area contributed by atoms with Crippen LogP contribution in [0.3, 0.4) is 0 Å². The van der Waals surface area contributed by atoms with E-state index >= 15 is 0 Å². The van der Waals surface area contributed by atoms with E-state index in [0.717, 1.165) is 11.8 Å². The van der Waals surface area contributed by atoms with Crippen molar-refractivity contribution < 1.29 is 0 Å². The van der Waals surface area contributed by atoms with Gasteiger partial charge < -0.3 is 5.73 Å². The predicted octanol–water partition coefficient (Wildman–Crippen LogP) is 5.53. The van der Waals surface area contributed by atoms with Crippen LogP contribution in [0.5, 0.6) is 0 Å². The molecule has 19 heavy (non-hydrogen) atoms. The third kappa shape index (κ3) is 5.45. The van der Waals surface area contributed by atoms with Crippen molar-refractivity contribution in [1.29, 1.82) is 0 Å². The second-order valence-electron chi connectivity index (χ2n) is 8.12. The highest BCUT2D eigenvalue weighted by atomic mass is 14.7. The molecule has 1 heteroatoms. The van der Waals surface area contributed by atoms with Crippen molar-refractivity contribution in [3.63, 3.8) is 0 Å². The molecular formula is C18H37N. The summed E-state index contributed by atoms with van der Waals surface area (Å²) in [7, 11) is 0. The first-order valence-corrected chi connectivity index (χ1v) is 8.59. The van der Waals surface area contributed by atoms with Crippen LogP contribution in [-0.2, 0) is 0 Å². The molecular weight excluding hydrogens is 230 g/mol. The van der Waals surface area contributed by atoms with Gasteiger partial charge in [0.25, 0.3) is 0 Å². The van der Waals surface area contributed by atoms with Gasteiger partial charge in [-0.3, -0.25) is 0 Å². The van der Waals surface area contributed by atoms with E-state index in [9.17, 15) is 0 Å². The lowest BCUT2D eigenvalue weighted by Gasteiger charge is -2.43. The van der Waals surface area contributed by atoms with Crippen molar-refractivity contribution >= 4 is 0 Å². The first kappa shape index (κ1) is 17.0. The van der Waals surface area contributed by atoms with Gasteiger partial charge >= 0.3 is 0 Å². The van der Waals surface area contributed by atoms with Crippen LogP contribution in [0.15, 0.2) is 0 Å². The molecule has 114 valence electrons. The third-order valence-corrected chi connectivity index (χ3v) is 5.44. The third-order valence-electron chi connectivity index (χ3n) is 5.44. The molecule has 1 atom stereocenters. The van der Waals surface area contributed by atoms with Gasteiger partial charge in [0.1, 0.15) is 0 Å². The summed E-state index contributed by atoms with van der Waals surface area (Å²) in [4.78, 5) is 0. The van der Waals surface area contributed by atoms with Crippen LogP contribution in [0.25, 0.3) is 0 Å². The summed E-state index contributed by atoms with van der Waals surface area (Å²) in [5.74, 6) is 1.73. The van der Waals surface area contributed by atoms with E-state index in [1.165, 1.54) is 57.8 Å². The minimum Gasteiger partial charge on any atom is -0.325 e. The lowest BCUT2D eigenvalue weighted by molar-refractivity contribution is 0.118. The van der Waals surface area contributed by atoms with Crippen molar-refractivity contribution in [3.8, 4) is 0 Å². The fraction of sp³-hybridized carbons (Fsp3) is 1.00. The van der Waals surface area contributed by atoms with Crippen LogP contribution in [0.2, 0.25) is 0 Å². The van der Waals surface area contributed by atoms with Crippen molar-refractivity contribution in [2.45, 2.75) is 97.9 Å².